The SMILES string of the molecule is C[C@H](O)CNCCN1C(=O)c2c(ncn2C)N(C)C1O. The summed E-state index contributed by atoms with van der Waals surface area (Å²) in [5, 5.41) is 22.4. The van der Waals surface area contributed by atoms with Crippen LogP contribution in [0, 0.1) is 0 Å². The van der Waals surface area contributed by atoms with Crippen LogP contribution < -0.4 is 10.2 Å². The number of rotatable bonds is 5. The van der Waals surface area contributed by atoms with Gasteiger partial charge in [0, 0.05) is 33.7 Å². The second kappa shape index (κ2) is 5.78. The first-order valence-corrected chi connectivity index (χ1v) is 6.55. The number of fused-ring (bicyclic) bond motifs is 1. The van der Waals surface area contributed by atoms with Crippen molar-refractivity contribution in [2.24, 2.45) is 7.05 Å². The monoisotopic (exact) mass is 283 g/mol. The van der Waals surface area contributed by atoms with Crippen LogP contribution in [-0.4, -0.2) is 69.7 Å². The van der Waals surface area contributed by atoms with E-state index in [4.69, 9.17) is 5.11 Å². The highest BCUT2D eigenvalue weighted by Gasteiger charge is 2.37. The normalized spacial score (nSPS) is 20.2. The molecule has 2 rings (SSSR count). The van der Waals surface area contributed by atoms with E-state index in [2.05, 4.69) is 10.3 Å². The average Bonchev–Trinajstić information content (AvgIpc) is 2.77. The molecule has 3 N–H and O–H groups in total. The third kappa shape index (κ3) is 2.62. The van der Waals surface area contributed by atoms with Crippen molar-refractivity contribution in [3.63, 3.8) is 0 Å². The maximum atomic E-state index is 12.4. The number of anilines is 1. The van der Waals surface area contributed by atoms with Crippen LogP contribution in [0.2, 0.25) is 0 Å². The average molecular weight is 283 g/mol. The Balaban J connectivity index is 2.07. The molecule has 20 heavy (non-hydrogen) atoms. The van der Waals surface area contributed by atoms with E-state index < -0.39 is 12.5 Å². The van der Waals surface area contributed by atoms with E-state index in [1.807, 2.05) is 0 Å². The number of carbonyl (C=O) groups is 1. The molecule has 0 saturated carbocycles. The molecular formula is C12H21N5O3. The lowest BCUT2D eigenvalue weighted by atomic mass is 10.2. The van der Waals surface area contributed by atoms with Gasteiger partial charge in [0.1, 0.15) is 0 Å². The lowest BCUT2D eigenvalue weighted by Gasteiger charge is -2.38. The highest BCUT2D eigenvalue weighted by atomic mass is 16.3. The Morgan fingerprint density at radius 3 is 2.85 bits per heavy atom. The third-order valence-corrected chi connectivity index (χ3v) is 3.31. The first kappa shape index (κ1) is 14.8. The van der Waals surface area contributed by atoms with Crippen LogP contribution in [0.4, 0.5) is 5.82 Å². The van der Waals surface area contributed by atoms with Gasteiger partial charge in [-0.2, -0.15) is 0 Å². The van der Waals surface area contributed by atoms with Crippen molar-refractivity contribution in [3.05, 3.63) is 12.0 Å². The minimum Gasteiger partial charge on any atom is -0.392 e. The van der Waals surface area contributed by atoms with E-state index in [-0.39, 0.29) is 5.91 Å². The summed E-state index contributed by atoms with van der Waals surface area (Å²) >= 11 is 0. The lowest BCUT2D eigenvalue weighted by Crippen LogP contribution is -2.56. The number of carbonyl (C=O) groups excluding carboxylic acids is 1. The molecule has 8 nitrogen and oxygen atoms in total. The molecule has 8 heteroatoms. The van der Waals surface area contributed by atoms with Crippen LogP contribution in [0.15, 0.2) is 6.33 Å². The number of hydrogen-bond donors (Lipinski definition) is 3. The number of nitrogens with one attached hydrogen (secondary N) is 1. The Labute approximate surface area is 117 Å². The number of nitrogens with zero attached hydrogens (tertiary/aromatic N) is 4. The highest BCUT2D eigenvalue weighted by Crippen LogP contribution is 2.26. The van der Waals surface area contributed by atoms with E-state index in [0.717, 1.165) is 0 Å². The molecule has 0 radical (unpaired) electrons. The predicted molar refractivity (Wildman–Crippen MR) is 73.2 cm³/mol. The molecule has 0 spiro atoms. The highest BCUT2D eigenvalue weighted by molar-refractivity contribution is 5.99. The number of imidazole rings is 1. The zero-order chi connectivity index (χ0) is 14.9. The van der Waals surface area contributed by atoms with Gasteiger partial charge in [-0.1, -0.05) is 0 Å². The molecule has 0 aromatic carbocycles. The summed E-state index contributed by atoms with van der Waals surface area (Å²) in [5.74, 6) is 0.239. The molecule has 0 fully saturated rings. The van der Waals surface area contributed by atoms with Crippen molar-refractivity contribution in [2.45, 2.75) is 19.4 Å². The van der Waals surface area contributed by atoms with Gasteiger partial charge in [-0.05, 0) is 6.92 Å². The van der Waals surface area contributed by atoms with E-state index in [0.29, 0.717) is 31.1 Å². The molecule has 1 aromatic heterocycles. The van der Waals surface area contributed by atoms with Gasteiger partial charge >= 0.3 is 0 Å². The fourth-order valence-electron chi connectivity index (χ4n) is 2.21. The van der Waals surface area contributed by atoms with E-state index >= 15 is 0 Å². The molecule has 1 amide bonds. The molecule has 1 aliphatic heterocycles. The Kier molecular flexibility index (Phi) is 4.26. The van der Waals surface area contributed by atoms with Crippen LogP contribution in [0.1, 0.15) is 17.4 Å². The first-order valence-electron chi connectivity index (χ1n) is 6.55. The Hall–Kier alpha value is -1.64. The number of aryl methyl sites for hydroxylation is 1. The molecule has 2 atom stereocenters. The quantitative estimate of drug-likeness (QED) is 0.573. The van der Waals surface area contributed by atoms with E-state index in [1.165, 1.54) is 4.90 Å². The van der Waals surface area contributed by atoms with Crippen molar-refractivity contribution in [2.75, 3.05) is 31.6 Å². The Morgan fingerprint density at radius 1 is 1.50 bits per heavy atom. The second-order valence-corrected chi connectivity index (χ2v) is 5.04. The predicted octanol–water partition coefficient (Wildman–Crippen LogP) is -1.44. The molecule has 2 heterocycles. The zero-order valence-corrected chi connectivity index (χ0v) is 11.9. The largest absolute Gasteiger partial charge is 0.392 e. The third-order valence-electron chi connectivity index (χ3n) is 3.31. The summed E-state index contributed by atoms with van der Waals surface area (Å²) in [5.41, 5.74) is 0.466. The summed E-state index contributed by atoms with van der Waals surface area (Å²) in [7, 11) is 3.44. The standard InChI is InChI=1S/C12H21N5O3/c1-8(18)6-13-4-5-17-11(19)9-10(14-7-15(9)2)16(3)12(17)20/h7-8,12-13,18,20H,4-6H2,1-3H3/t8-,12?/m0/s1. The maximum absolute atomic E-state index is 12.4. The van der Waals surface area contributed by atoms with Gasteiger partial charge in [0.05, 0.1) is 12.4 Å². The second-order valence-electron chi connectivity index (χ2n) is 5.04. The molecule has 1 aromatic rings. The van der Waals surface area contributed by atoms with Crippen molar-refractivity contribution in [3.8, 4) is 0 Å². The van der Waals surface area contributed by atoms with Crippen molar-refractivity contribution >= 4 is 11.7 Å². The van der Waals surface area contributed by atoms with Crippen molar-refractivity contribution in [1.82, 2.24) is 19.8 Å². The summed E-state index contributed by atoms with van der Waals surface area (Å²) in [4.78, 5) is 19.4. The molecular weight excluding hydrogens is 262 g/mol. The van der Waals surface area contributed by atoms with Gasteiger partial charge in [0.2, 0.25) is 6.35 Å². The summed E-state index contributed by atoms with van der Waals surface area (Å²) in [6.07, 6.45) is 0.0858. The summed E-state index contributed by atoms with van der Waals surface area (Å²) in [6.45, 7) is 2.98. The van der Waals surface area contributed by atoms with Gasteiger partial charge in [0.25, 0.3) is 5.91 Å². The van der Waals surface area contributed by atoms with Gasteiger partial charge in [-0.3, -0.25) is 9.69 Å². The minimum absolute atomic E-state index is 0.246. The van der Waals surface area contributed by atoms with Crippen molar-refractivity contribution in [1.29, 1.82) is 0 Å². The maximum Gasteiger partial charge on any atom is 0.277 e. The smallest absolute Gasteiger partial charge is 0.277 e. The van der Waals surface area contributed by atoms with E-state index in [1.54, 1.807) is 36.8 Å². The lowest BCUT2D eigenvalue weighted by molar-refractivity contribution is 0.00354. The zero-order valence-electron chi connectivity index (χ0n) is 11.9. The fourth-order valence-corrected chi connectivity index (χ4v) is 2.21. The fraction of sp³-hybridized carbons (Fsp3) is 0.667. The molecule has 0 bridgehead atoms. The van der Waals surface area contributed by atoms with E-state index in [9.17, 15) is 9.90 Å². The Bertz CT molecular complexity index is 487. The molecule has 112 valence electrons. The van der Waals surface area contributed by atoms with Crippen LogP contribution in [0.3, 0.4) is 0 Å². The van der Waals surface area contributed by atoms with Gasteiger partial charge in [-0.15, -0.1) is 0 Å². The minimum atomic E-state index is -1.03. The van der Waals surface area contributed by atoms with Crippen LogP contribution in [0.5, 0.6) is 0 Å². The molecule has 0 saturated heterocycles. The molecule has 0 aliphatic carbocycles. The summed E-state index contributed by atoms with van der Waals surface area (Å²) in [6, 6.07) is 0. The molecule has 1 aliphatic rings. The van der Waals surface area contributed by atoms with Gasteiger partial charge in [-0.25, -0.2) is 4.98 Å². The van der Waals surface area contributed by atoms with Crippen LogP contribution >= 0.6 is 0 Å². The number of aliphatic hydroxyl groups is 2. The molecule has 1 unspecified atom stereocenters. The topological polar surface area (TPSA) is 93.9 Å². The van der Waals surface area contributed by atoms with Crippen LogP contribution in [-0.2, 0) is 7.05 Å². The number of amides is 1. The first-order chi connectivity index (χ1) is 9.43. The van der Waals surface area contributed by atoms with Gasteiger partial charge in [0.15, 0.2) is 11.5 Å². The van der Waals surface area contributed by atoms with Crippen LogP contribution in [0.25, 0.3) is 0 Å². The van der Waals surface area contributed by atoms with Gasteiger partial charge < -0.3 is 25.0 Å². The number of hydrogen-bond acceptors (Lipinski definition) is 6. The summed E-state index contributed by atoms with van der Waals surface area (Å²) < 4.78 is 1.65. The number of aliphatic hydroxyl groups excluding tert-OH is 2. The number of aromatic nitrogens is 2. The Morgan fingerprint density at radius 2 is 2.20 bits per heavy atom. The van der Waals surface area contributed by atoms with Crippen molar-refractivity contribution < 1.29 is 15.0 Å².